The quantitative estimate of drug-likeness (QED) is 0.905. The minimum absolute atomic E-state index is 0.0398. The molecule has 4 nitrogen and oxygen atoms in total. The molecule has 1 aliphatic heterocycles. The van der Waals surface area contributed by atoms with Gasteiger partial charge in [-0.25, -0.2) is 8.42 Å². The maximum atomic E-state index is 11.5. The third-order valence-corrected chi connectivity index (χ3v) is 5.06. The summed E-state index contributed by atoms with van der Waals surface area (Å²) in [5, 5.41) is 3.85. The molecule has 1 atom stereocenters. The Hall–Kier alpha value is -0.650. The number of nitrogens with one attached hydrogen (secondary N) is 1. The topological polar surface area (TPSA) is 59.1 Å². The maximum absolute atomic E-state index is 11.5. The van der Waals surface area contributed by atoms with Gasteiger partial charge in [0.25, 0.3) is 0 Å². The van der Waals surface area contributed by atoms with Crippen LogP contribution < -0.4 is 5.32 Å². The number of pyridine rings is 1. The first-order valence-electron chi connectivity index (χ1n) is 5.59. The Labute approximate surface area is 106 Å². The lowest BCUT2D eigenvalue weighted by Gasteiger charge is -2.23. The van der Waals surface area contributed by atoms with E-state index in [1.165, 1.54) is 0 Å². The predicted octanol–water partition coefficient (Wildman–Crippen LogP) is 1.40. The third-order valence-electron chi connectivity index (χ3n) is 2.90. The summed E-state index contributed by atoms with van der Waals surface area (Å²) in [6.07, 6.45) is 4.92. The van der Waals surface area contributed by atoms with Crippen LogP contribution in [0.1, 0.15) is 18.4 Å². The van der Waals surface area contributed by atoms with Crippen LogP contribution in [0.25, 0.3) is 0 Å². The molecule has 0 saturated carbocycles. The molecule has 0 aromatic carbocycles. The van der Waals surface area contributed by atoms with Crippen LogP contribution in [0.3, 0.4) is 0 Å². The normalized spacial score (nSPS) is 23.5. The Balaban J connectivity index is 1.93. The first-order valence-corrected chi connectivity index (χ1v) is 7.79. The van der Waals surface area contributed by atoms with Crippen molar-refractivity contribution < 1.29 is 8.42 Å². The SMILES string of the molecule is O=S1(=O)CCCC(NCc2ccncc2Cl)C1. The van der Waals surface area contributed by atoms with Crippen molar-refractivity contribution in [3.8, 4) is 0 Å². The molecule has 1 aromatic heterocycles. The highest BCUT2D eigenvalue weighted by Gasteiger charge is 2.24. The van der Waals surface area contributed by atoms with Gasteiger partial charge in [-0.3, -0.25) is 4.98 Å². The smallest absolute Gasteiger partial charge is 0.151 e. The second-order valence-corrected chi connectivity index (χ2v) is 6.94. The Bertz CT molecular complexity index is 490. The van der Waals surface area contributed by atoms with E-state index < -0.39 is 9.84 Å². The number of hydrogen-bond donors (Lipinski definition) is 1. The van der Waals surface area contributed by atoms with Gasteiger partial charge in [0.15, 0.2) is 9.84 Å². The highest BCUT2D eigenvalue weighted by molar-refractivity contribution is 7.91. The second kappa shape index (κ2) is 5.33. The molecule has 0 aliphatic carbocycles. The molecule has 94 valence electrons. The van der Waals surface area contributed by atoms with Gasteiger partial charge in [0.05, 0.1) is 16.5 Å². The zero-order valence-electron chi connectivity index (χ0n) is 9.39. The largest absolute Gasteiger partial charge is 0.309 e. The first-order chi connectivity index (χ1) is 8.07. The van der Waals surface area contributed by atoms with Gasteiger partial charge in [-0.05, 0) is 24.5 Å². The molecule has 1 unspecified atom stereocenters. The van der Waals surface area contributed by atoms with Crippen LogP contribution in [-0.4, -0.2) is 30.9 Å². The summed E-state index contributed by atoms with van der Waals surface area (Å²) in [7, 11) is -2.85. The van der Waals surface area contributed by atoms with Gasteiger partial charge in [-0.2, -0.15) is 0 Å². The lowest BCUT2D eigenvalue weighted by molar-refractivity contribution is 0.480. The summed E-state index contributed by atoms with van der Waals surface area (Å²) in [5.41, 5.74) is 0.949. The van der Waals surface area contributed by atoms with Crippen molar-refractivity contribution in [1.82, 2.24) is 10.3 Å². The van der Waals surface area contributed by atoms with Crippen LogP contribution >= 0.6 is 11.6 Å². The van der Waals surface area contributed by atoms with Gasteiger partial charge >= 0.3 is 0 Å². The van der Waals surface area contributed by atoms with E-state index >= 15 is 0 Å². The number of nitrogens with zero attached hydrogens (tertiary/aromatic N) is 1. The molecule has 1 aromatic rings. The summed E-state index contributed by atoms with van der Waals surface area (Å²) in [6.45, 7) is 0.585. The van der Waals surface area contributed by atoms with E-state index in [0.717, 1.165) is 18.4 Å². The minimum atomic E-state index is -2.85. The molecule has 0 spiro atoms. The van der Waals surface area contributed by atoms with Gasteiger partial charge < -0.3 is 5.32 Å². The Morgan fingerprint density at radius 2 is 2.35 bits per heavy atom. The van der Waals surface area contributed by atoms with Gasteiger partial charge in [-0.15, -0.1) is 0 Å². The molecular formula is C11H15ClN2O2S. The number of sulfone groups is 1. The molecule has 2 heterocycles. The molecule has 0 bridgehead atoms. The van der Waals surface area contributed by atoms with Crippen molar-refractivity contribution in [2.24, 2.45) is 0 Å². The van der Waals surface area contributed by atoms with Crippen molar-refractivity contribution >= 4 is 21.4 Å². The fraction of sp³-hybridized carbons (Fsp3) is 0.545. The number of aromatic nitrogens is 1. The molecule has 1 aliphatic rings. The zero-order chi connectivity index (χ0) is 12.3. The van der Waals surface area contributed by atoms with E-state index in [1.54, 1.807) is 12.4 Å². The van der Waals surface area contributed by atoms with Gasteiger partial charge in [0, 0.05) is 25.0 Å². The highest BCUT2D eigenvalue weighted by Crippen LogP contribution is 2.16. The van der Waals surface area contributed by atoms with E-state index in [1.807, 2.05) is 6.07 Å². The fourth-order valence-electron chi connectivity index (χ4n) is 1.99. The van der Waals surface area contributed by atoms with Crippen LogP contribution in [0, 0.1) is 0 Å². The Morgan fingerprint density at radius 1 is 1.53 bits per heavy atom. The lowest BCUT2D eigenvalue weighted by Crippen LogP contribution is -2.39. The highest BCUT2D eigenvalue weighted by atomic mass is 35.5. The van der Waals surface area contributed by atoms with Crippen molar-refractivity contribution in [2.45, 2.75) is 25.4 Å². The van der Waals surface area contributed by atoms with E-state index in [0.29, 0.717) is 17.3 Å². The van der Waals surface area contributed by atoms with E-state index in [4.69, 9.17) is 11.6 Å². The van der Waals surface area contributed by atoms with Crippen LogP contribution in [-0.2, 0) is 16.4 Å². The van der Waals surface area contributed by atoms with Gasteiger partial charge in [-0.1, -0.05) is 11.6 Å². The molecule has 0 amide bonds. The van der Waals surface area contributed by atoms with Crippen LogP contribution in [0.2, 0.25) is 5.02 Å². The molecule has 6 heteroatoms. The second-order valence-electron chi connectivity index (χ2n) is 4.30. The molecule has 1 N–H and O–H groups in total. The molecule has 2 rings (SSSR count). The summed E-state index contributed by atoms with van der Waals surface area (Å²) >= 11 is 5.98. The molecule has 17 heavy (non-hydrogen) atoms. The average Bonchev–Trinajstić information content (AvgIpc) is 2.27. The van der Waals surface area contributed by atoms with E-state index in [9.17, 15) is 8.42 Å². The van der Waals surface area contributed by atoms with Gasteiger partial charge in [0.1, 0.15) is 0 Å². The fourth-order valence-corrected chi connectivity index (χ4v) is 3.84. The molecule has 1 fully saturated rings. The first kappa shape index (κ1) is 12.8. The van der Waals surface area contributed by atoms with Crippen molar-refractivity contribution in [1.29, 1.82) is 0 Å². The standard InChI is InChI=1S/C11H15ClN2O2S/c12-11-7-13-4-3-9(11)6-14-10-2-1-5-17(15,16)8-10/h3-4,7,10,14H,1-2,5-6,8H2. The molecule has 0 radical (unpaired) electrons. The Morgan fingerprint density at radius 3 is 3.06 bits per heavy atom. The summed E-state index contributed by atoms with van der Waals surface area (Å²) in [4.78, 5) is 3.91. The number of hydrogen-bond acceptors (Lipinski definition) is 4. The van der Waals surface area contributed by atoms with Crippen LogP contribution in [0.4, 0.5) is 0 Å². The van der Waals surface area contributed by atoms with Crippen molar-refractivity contribution in [3.05, 3.63) is 29.0 Å². The monoisotopic (exact) mass is 274 g/mol. The van der Waals surface area contributed by atoms with Crippen molar-refractivity contribution in [3.63, 3.8) is 0 Å². The lowest BCUT2D eigenvalue weighted by atomic mass is 10.1. The summed E-state index contributed by atoms with van der Waals surface area (Å²) in [6, 6.07) is 1.88. The molecule has 1 saturated heterocycles. The maximum Gasteiger partial charge on any atom is 0.151 e. The zero-order valence-corrected chi connectivity index (χ0v) is 11.0. The van der Waals surface area contributed by atoms with Gasteiger partial charge in [0.2, 0.25) is 0 Å². The van der Waals surface area contributed by atoms with Crippen molar-refractivity contribution in [2.75, 3.05) is 11.5 Å². The molecular weight excluding hydrogens is 260 g/mol. The number of halogens is 1. The van der Waals surface area contributed by atoms with Crippen LogP contribution in [0.15, 0.2) is 18.5 Å². The third kappa shape index (κ3) is 3.66. The summed E-state index contributed by atoms with van der Waals surface area (Å²) in [5.74, 6) is 0.552. The minimum Gasteiger partial charge on any atom is -0.309 e. The van der Waals surface area contributed by atoms with Crippen LogP contribution in [0.5, 0.6) is 0 Å². The predicted molar refractivity (Wildman–Crippen MR) is 67.8 cm³/mol. The Kier molecular flexibility index (Phi) is 4.01. The number of rotatable bonds is 3. The summed E-state index contributed by atoms with van der Waals surface area (Å²) < 4.78 is 22.9. The van der Waals surface area contributed by atoms with E-state index in [2.05, 4.69) is 10.3 Å². The average molecular weight is 275 g/mol. The van der Waals surface area contributed by atoms with E-state index in [-0.39, 0.29) is 11.8 Å².